The Morgan fingerprint density at radius 1 is 1.10 bits per heavy atom. The SMILES string of the molecule is CC(C)S(=O)(=O)c1cccc(C(=O)Nc2nc(-c3cc4ccccc4oc3=O)cs2)c1. The number of aromatic nitrogens is 1. The van der Waals surface area contributed by atoms with Gasteiger partial charge in [-0.05, 0) is 44.2 Å². The minimum Gasteiger partial charge on any atom is -0.422 e. The van der Waals surface area contributed by atoms with Crippen LogP contribution >= 0.6 is 11.3 Å². The maximum atomic E-state index is 12.6. The number of rotatable bonds is 5. The lowest BCUT2D eigenvalue weighted by atomic mass is 10.1. The van der Waals surface area contributed by atoms with Crippen LogP contribution in [0.1, 0.15) is 24.2 Å². The Balaban J connectivity index is 1.60. The van der Waals surface area contributed by atoms with E-state index in [9.17, 15) is 18.0 Å². The highest BCUT2D eigenvalue weighted by Crippen LogP contribution is 2.26. The van der Waals surface area contributed by atoms with E-state index in [1.54, 1.807) is 37.4 Å². The van der Waals surface area contributed by atoms with E-state index in [1.807, 2.05) is 12.1 Å². The van der Waals surface area contributed by atoms with Crippen molar-refractivity contribution in [1.29, 1.82) is 0 Å². The number of carbonyl (C=O) groups excluding carboxylic acids is 1. The van der Waals surface area contributed by atoms with Gasteiger partial charge in [0.15, 0.2) is 15.0 Å². The number of amides is 1. The van der Waals surface area contributed by atoms with E-state index in [4.69, 9.17) is 4.42 Å². The Labute approximate surface area is 182 Å². The van der Waals surface area contributed by atoms with Crippen molar-refractivity contribution in [3.8, 4) is 11.3 Å². The maximum absolute atomic E-state index is 12.6. The Morgan fingerprint density at radius 2 is 1.87 bits per heavy atom. The van der Waals surface area contributed by atoms with Crippen LogP contribution in [0.2, 0.25) is 0 Å². The van der Waals surface area contributed by atoms with Gasteiger partial charge in [0, 0.05) is 16.3 Å². The molecule has 0 aliphatic carbocycles. The van der Waals surface area contributed by atoms with Gasteiger partial charge in [-0.3, -0.25) is 10.1 Å². The number of anilines is 1. The van der Waals surface area contributed by atoms with Gasteiger partial charge < -0.3 is 4.42 Å². The summed E-state index contributed by atoms with van der Waals surface area (Å²) >= 11 is 1.15. The van der Waals surface area contributed by atoms with Crippen molar-refractivity contribution in [2.45, 2.75) is 24.0 Å². The number of sulfone groups is 1. The second-order valence-corrected chi connectivity index (χ2v) is 10.5. The van der Waals surface area contributed by atoms with E-state index in [0.717, 1.165) is 16.7 Å². The fraction of sp³-hybridized carbons (Fsp3) is 0.136. The van der Waals surface area contributed by atoms with Crippen LogP contribution in [-0.2, 0) is 9.84 Å². The molecule has 0 bridgehead atoms. The molecule has 0 atom stereocenters. The summed E-state index contributed by atoms with van der Waals surface area (Å²) in [7, 11) is -3.50. The first-order chi connectivity index (χ1) is 14.8. The molecule has 2 aromatic carbocycles. The number of hydrogen-bond donors (Lipinski definition) is 1. The van der Waals surface area contributed by atoms with Crippen molar-refractivity contribution in [1.82, 2.24) is 4.98 Å². The first-order valence-corrected chi connectivity index (χ1v) is 11.8. The zero-order chi connectivity index (χ0) is 22.2. The zero-order valence-electron chi connectivity index (χ0n) is 16.7. The van der Waals surface area contributed by atoms with Crippen molar-refractivity contribution in [2.24, 2.45) is 0 Å². The summed E-state index contributed by atoms with van der Waals surface area (Å²) in [5.41, 5.74) is 0.838. The smallest absolute Gasteiger partial charge is 0.345 e. The zero-order valence-corrected chi connectivity index (χ0v) is 18.3. The van der Waals surface area contributed by atoms with Gasteiger partial charge in [-0.25, -0.2) is 18.2 Å². The highest BCUT2D eigenvalue weighted by atomic mass is 32.2. The molecule has 158 valence electrons. The van der Waals surface area contributed by atoms with Crippen LogP contribution in [0.3, 0.4) is 0 Å². The molecule has 0 unspecified atom stereocenters. The first kappa shape index (κ1) is 21.0. The van der Waals surface area contributed by atoms with Gasteiger partial charge in [0.05, 0.1) is 21.4 Å². The Hall–Kier alpha value is -3.30. The Morgan fingerprint density at radius 3 is 2.65 bits per heavy atom. The van der Waals surface area contributed by atoms with Crippen molar-refractivity contribution >= 4 is 43.2 Å². The largest absolute Gasteiger partial charge is 0.422 e. The van der Waals surface area contributed by atoms with E-state index in [2.05, 4.69) is 10.3 Å². The summed E-state index contributed by atoms with van der Waals surface area (Å²) in [6.07, 6.45) is 0. The fourth-order valence-corrected chi connectivity index (χ4v) is 4.76. The molecule has 4 rings (SSSR count). The highest BCUT2D eigenvalue weighted by Gasteiger charge is 2.21. The molecule has 31 heavy (non-hydrogen) atoms. The van der Waals surface area contributed by atoms with Gasteiger partial charge in [0.2, 0.25) is 0 Å². The van der Waals surface area contributed by atoms with Crippen molar-refractivity contribution in [3.63, 3.8) is 0 Å². The van der Waals surface area contributed by atoms with E-state index >= 15 is 0 Å². The van der Waals surface area contributed by atoms with E-state index < -0.39 is 26.6 Å². The molecule has 2 aromatic heterocycles. The molecule has 0 saturated heterocycles. The average molecular weight is 455 g/mol. The number of fused-ring (bicyclic) bond motifs is 1. The number of nitrogens with one attached hydrogen (secondary N) is 1. The molecule has 7 nitrogen and oxygen atoms in total. The van der Waals surface area contributed by atoms with Crippen LogP contribution in [0, 0.1) is 0 Å². The lowest BCUT2D eigenvalue weighted by Gasteiger charge is -2.09. The van der Waals surface area contributed by atoms with Crippen LogP contribution in [0.5, 0.6) is 0 Å². The summed E-state index contributed by atoms with van der Waals surface area (Å²) in [5, 5.41) is 4.75. The number of carbonyl (C=O) groups is 1. The van der Waals surface area contributed by atoms with Gasteiger partial charge in [0.25, 0.3) is 5.91 Å². The number of benzene rings is 2. The number of para-hydroxylation sites is 1. The lowest BCUT2D eigenvalue weighted by molar-refractivity contribution is 0.102. The molecule has 0 fully saturated rings. The minimum absolute atomic E-state index is 0.0868. The van der Waals surface area contributed by atoms with Crippen LogP contribution in [-0.4, -0.2) is 24.6 Å². The molecular formula is C22H18N2O5S2. The molecular weight excluding hydrogens is 436 g/mol. The van der Waals surface area contributed by atoms with Crippen molar-refractivity contribution < 1.29 is 17.6 Å². The Bertz CT molecular complexity index is 1450. The van der Waals surface area contributed by atoms with Crippen LogP contribution in [0.4, 0.5) is 5.13 Å². The van der Waals surface area contributed by atoms with Gasteiger partial charge in [-0.1, -0.05) is 24.3 Å². The monoisotopic (exact) mass is 454 g/mol. The topological polar surface area (TPSA) is 106 Å². The van der Waals surface area contributed by atoms with E-state index in [1.165, 1.54) is 24.3 Å². The summed E-state index contributed by atoms with van der Waals surface area (Å²) in [5.74, 6) is -0.493. The van der Waals surface area contributed by atoms with Gasteiger partial charge in [0.1, 0.15) is 5.58 Å². The second kappa shape index (κ2) is 8.09. The molecule has 2 heterocycles. The molecule has 0 aliphatic rings. The fourth-order valence-electron chi connectivity index (χ4n) is 2.95. The maximum Gasteiger partial charge on any atom is 0.345 e. The second-order valence-electron chi connectivity index (χ2n) is 7.10. The molecule has 1 amide bonds. The third-order valence-corrected chi connectivity index (χ3v) is 7.60. The number of hydrogen-bond acceptors (Lipinski definition) is 7. The minimum atomic E-state index is -3.50. The van der Waals surface area contributed by atoms with Crippen LogP contribution in [0.25, 0.3) is 22.2 Å². The Kier molecular flexibility index (Phi) is 5.47. The predicted molar refractivity (Wildman–Crippen MR) is 120 cm³/mol. The molecule has 1 N–H and O–H groups in total. The van der Waals surface area contributed by atoms with Gasteiger partial charge in [-0.2, -0.15) is 0 Å². The van der Waals surface area contributed by atoms with E-state index in [0.29, 0.717) is 16.8 Å². The van der Waals surface area contributed by atoms with Crippen LogP contribution in [0.15, 0.2) is 74.1 Å². The molecule has 0 radical (unpaired) electrons. The summed E-state index contributed by atoms with van der Waals surface area (Å²) in [6.45, 7) is 3.17. The molecule has 0 aliphatic heterocycles. The van der Waals surface area contributed by atoms with E-state index in [-0.39, 0.29) is 15.6 Å². The van der Waals surface area contributed by atoms with Gasteiger partial charge >= 0.3 is 5.63 Å². The van der Waals surface area contributed by atoms with Gasteiger partial charge in [-0.15, -0.1) is 11.3 Å². The third-order valence-electron chi connectivity index (χ3n) is 4.69. The number of thiazole rings is 1. The van der Waals surface area contributed by atoms with Crippen molar-refractivity contribution in [3.05, 3.63) is 76.0 Å². The molecule has 9 heteroatoms. The first-order valence-electron chi connectivity index (χ1n) is 9.40. The molecule has 4 aromatic rings. The normalized spacial score (nSPS) is 11.7. The molecule has 0 saturated carbocycles. The van der Waals surface area contributed by atoms with Crippen LogP contribution < -0.4 is 10.9 Å². The quantitative estimate of drug-likeness (QED) is 0.449. The summed E-state index contributed by atoms with van der Waals surface area (Å²) in [6, 6.07) is 14.7. The lowest BCUT2D eigenvalue weighted by Crippen LogP contribution is -2.16. The highest BCUT2D eigenvalue weighted by molar-refractivity contribution is 7.92. The molecule has 0 spiro atoms. The predicted octanol–water partition coefficient (Wildman–Crippen LogP) is 4.35. The number of nitrogens with zero attached hydrogens (tertiary/aromatic N) is 1. The standard InChI is InChI=1S/C22H18N2O5S2/c1-13(2)31(27,28)16-8-5-7-15(10-16)20(25)24-22-23-18(12-30-22)17-11-14-6-3-4-9-19(14)29-21(17)26/h3-13H,1-2H3,(H,23,24,25). The average Bonchev–Trinajstić information content (AvgIpc) is 3.21. The summed E-state index contributed by atoms with van der Waals surface area (Å²) in [4.78, 5) is 29.4. The summed E-state index contributed by atoms with van der Waals surface area (Å²) < 4.78 is 30.1. The van der Waals surface area contributed by atoms with Crippen molar-refractivity contribution in [2.75, 3.05) is 5.32 Å². The third kappa shape index (κ3) is 4.14.